The Morgan fingerprint density at radius 3 is 3.36 bits per heavy atom. The van der Waals surface area contributed by atoms with Gasteiger partial charge in [-0.15, -0.1) is 11.3 Å². The average molecular weight is 208 g/mol. The highest BCUT2D eigenvalue weighted by molar-refractivity contribution is 7.15. The van der Waals surface area contributed by atoms with Crippen molar-refractivity contribution < 1.29 is 9.53 Å². The predicted molar refractivity (Wildman–Crippen MR) is 54.1 cm³/mol. The van der Waals surface area contributed by atoms with Crippen molar-refractivity contribution in [1.29, 1.82) is 0 Å². The fraction of sp³-hybridized carbons (Fsp3) is 0.111. The van der Waals surface area contributed by atoms with Gasteiger partial charge < -0.3 is 4.74 Å². The van der Waals surface area contributed by atoms with Crippen LogP contribution in [0.1, 0.15) is 5.69 Å². The number of hydrogen-bond acceptors (Lipinski definition) is 4. The average Bonchev–Trinajstić information content (AvgIpc) is 2.76. The summed E-state index contributed by atoms with van der Waals surface area (Å²) in [7, 11) is 1.35. The first-order chi connectivity index (χ1) is 6.81. The van der Waals surface area contributed by atoms with E-state index < -0.39 is 0 Å². The van der Waals surface area contributed by atoms with Crippen LogP contribution in [0.3, 0.4) is 0 Å². The first-order valence-electron chi connectivity index (χ1n) is 3.97. The molecular formula is C9H8N2O2S. The maximum Gasteiger partial charge on any atom is 0.330 e. The third kappa shape index (κ3) is 1.54. The molecule has 72 valence electrons. The molecule has 0 aliphatic rings. The number of aromatic nitrogens is 2. The Balaban J connectivity index is 2.31. The molecule has 0 spiro atoms. The van der Waals surface area contributed by atoms with Crippen LogP contribution in [0.4, 0.5) is 0 Å². The highest BCUT2D eigenvalue weighted by Gasteiger charge is 2.02. The molecule has 14 heavy (non-hydrogen) atoms. The molecule has 2 aromatic rings. The Morgan fingerprint density at radius 2 is 2.57 bits per heavy atom. The molecule has 2 heterocycles. The fourth-order valence-electron chi connectivity index (χ4n) is 1.08. The highest BCUT2D eigenvalue weighted by Crippen LogP contribution is 2.16. The Hall–Kier alpha value is -1.62. The molecule has 0 saturated carbocycles. The molecule has 0 atom stereocenters. The number of esters is 1. The molecule has 0 bridgehead atoms. The number of carbonyl (C=O) groups excluding carboxylic acids is 1. The SMILES string of the molecule is COC(=O)C=Cc1ncn2ccsc12. The molecular weight excluding hydrogens is 200 g/mol. The number of nitrogens with zero attached hydrogens (tertiary/aromatic N) is 2. The van der Waals surface area contributed by atoms with Gasteiger partial charge in [0.25, 0.3) is 0 Å². The summed E-state index contributed by atoms with van der Waals surface area (Å²) in [5.41, 5.74) is 0.783. The number of thiazole rings is 1. The van der Waals surface area contributed by atoms with Gasteiger partial charge in [0, 0.05) is 17.7 Å². The maximum atomic E-state index is 10.8. The second-order valence-electron chi connectivity index (χ2n) is 2.60. The maximum absolute atomic E-state index is 10.8. The summed E-state index contributed by atoms with van der Waals surface area (Å²) in [6, 6.07) is 0. The Kier molecular flexibility index (Phi) is 2.32. The topological polar surface area (TPSA) is 43.6 Å². The lowest BCUT2D eigenvalue weighted by molar-refractivity contribution is -0.134. The third-order valence-electron chi connectivity index (χ3n) is 1.75. The summed E-state index contributed by atoms with van der Waals surface area (Å²) in [6.45, 7) is 0. The van der Waals surface area contributed by atoms with Gasteiger partial charge in [0.1, 0.15) is 11.2 Å². The van der Waals surface area contributed by atoms with E-state index in [0.717, 1.165) is 10.5 Å². The molecule has 0 amide bonds. The van der Waals surface area contributed by atoms with Crippen molar-refractivity contribution >= 4 is 28.2 Å². The number of ether oxygens (including phenoxy) is 1. The molecule has 0 saturated heterocycles. The Labute approximate surface area is 84.5 Å². The van der Waals surface area contributed by atoms with Crippen molar-refractivity contribution in [2.45, 2.75) is 0 Å². The molecule has 0 N–H and O–H groups in total. The molecule has 0 aliphatic carbocycles. The second kappa shape index (κ2) is 3.63. The van der Waals surface area contributed by atoms with E-state index in [0.29, 0.717) is 0 Å². The minimum absolute atomic E-state index is 0.372. The van der Waals surface area contributed by atoms with Crippen molar-refractivity contribution in [2.24, 2.45) is 0 Å². The molecule has 2 rings (SSSR count). The normalized spacial score (nSPS) is 11.2. The molecule has 0 unspecified atom stereocenters. The van der Waals surface area contributed by atoms with Crippen LogP contribution in [0, 0.1) is 0 Å². The van der Waals surface area contributed by atoms with E-state index in [1.807, 2.05) is 16.0 Å². The van der Waals surface area contributed by atoms with E-state index in [9.17, 15) is 4.79 Å². The number of rotatable bonds is 2. The van der Waals surface area contributed by atoms with Crippen molar-refractivity contribution in [3.8, 4) is 0 Å². The van der Waals surface area contributed by atoms with Crippen LogP contribution in [0.25, 0.3) is 10.9 Å². The van der Waals surface area contributed by atoms with Gasteiger partial charge in [0.05, 0.1) is 12.8 Å². The summed E-state index contributed by atoms with van der Waals surface area (Å²) in [5.74, 6) is -0.372. The summed E-state index contributed by atoms with van der Waals surface area (Å²) in [5, 5.41) is 1.96. The molecule has 5 heteroatoms. The predicted octanol–water partition coefficient (Wildman–Crippen LogP) is 1.58. The zero-order valence-electron chi connectivity index (χ0n) is 7.51. The van der Waals surface area contributed by atoms with E-state index in [1.165, 1.54) is 13.2 Å². The van der Waals surface area contributed by atoms with E-state index >= 15 is 0 Å². The van der Waals surface area contributed by atoms with Crippen LogP contribution in [0.5, 0.6) is 0 Å². The smallest absolute Gasteiger partial charge is 0.330 e. The first-order valence-corrected chi connectivity index (χ1v) is 4.85. The van der Waals surface area contributed by atoms with Crippen LogP contribution < -0.4 is 0 Å². The molecule has 4 nitrogen and oxygen atoms in total. The van der Waals surface area contributed by atoms with Gasteiger partial charge >= 0.3 is 5.97 Å². The largest absolute Gasteiger partial charge is 0.466 e. The van der Waals surface area contributed by atoms with Crippen molar-refractivity contribution in [1.82, 2.24) is 9.38 Å². The fourth-order valence-corrected chi connectivity index (χ4v) is 1.87. The van der Waals surface area contributed by atoms with Gasteiger partial charge in [-0.1, -0.05) is 0 Å². The molecule has 0 aliphatic heterocycles. The van der Waals surface area contributed by atoms with Gasteiger partial charge in [-0.2, -0.15) is 0 Å². The van der Waals surface area contributed by atoms with E-state index in [-0.39, 0.29) is 5.97 Å². The van der Waals surface area contributed by atoms with E-state index in [2.05, 4.69) is 9.72 Å². The van der Waals surface area contributed by atoms with Crippen LogP contribution in [-0.2, 0) is 9.53 Å². The Bertz CT molecular complexity index is 484. The lowest BCUT2D eigenvalue weighted by Gasteiger charge is -1.88. The highest BCUT2D eigenvalue weighted by atomic mass is 32.1. The number of fused-ring (bicyclic) bond motifs is 1. The lowest BCUT2D eigenvalue weighted by atomic mass is 10.4. The third-order valence-corrected chi connectivity index (χ3v) is 2.66. The van der Waals surface area contributed by atoms with Crippen LogP contribution in [0.15, 0.2) is 24.0 Å². The summed E-state index contributed by atoms with van der Waals surface area (Å²) >= 11 is 1.58. The van der Waals surface area contributed by atoms with Crippen molar-refractivity contribution in [3.63, 3.8) is 0 Å². The summed E-state index contributed by atoms with van der Waals surface area (Å²) < 4.78 is 6.39. The number of methoxy groups -OCH3 is 1. The van der Waals surface area contributed by atoms with E-state index in [1.54, 1.807) is 23.7 Å². The zero-order chi connectivity index (χ0) is 9.97. The van der Waals surface area contributed by atoms with Crippen molar-refractivity contribution in [3.05, 3.63) is 29.7 Å². The summed E-state index contributed by atoms with van der Waals surface area (Å²) in [6.07, 6.45) is 6.64. The van der Waals surface area contributed by atoms with Gasteiger partial charge in [-0.3, -0.25) is 4.40 Å². The standard InChI is InChI=1S/C9H8N2O2S/c1-13-8(12)3-2-7-9-11(6-10-7)4-5-14-9/h2-6H,1H3. The number of carbonyl (C=O) groups is 1. The molecule has 0 radical (unpaired) electrons. The van der Waals surface area contributed by atoms with Crippen LogP contribution in [0.2, 0.25) is 0 Å². The zero-order valence-corrected chi connectivity index (χ0v) is 8.32. The number of imidazole rings is 1. The quantitative estimate of drug-likeness (QED) is 0.556. The minimum Gasteiger partial charge on any atom is -0.466 e. The molecule has 0 fully saturated rings. The van der Waals surface area contributed by atoms with E-state index in [4.69, 9.17) is 0 Å². The summed E-state index contributed by atoms with van der Waals surface area (Å²) in [4.78, 5) is 16.0. The molecule has 2 aromatic heterocycles. The van der Waals surface area contributed by atoms with Gasteiger partial charge in [-0.25, -0.2) is 9.78 Å². The van der Waals surface area contributed by atoms with Crippen LogP contribution >= 0.6 is 11.3 Å². The minimum atomic E-state index is -0.372. The number of hydrogen-bond donors (Lipinski definition) is 0. The second-order valence-corrected chi connectivity index (χ2v) is 3.50. The van der Waals surface area contributed by atoms with Crippen LogP contribution in [-0.4, -0.2) is 22.5 Å². The molecule has 0 aromatic carbocycles. The van der Waals surface area contributed by atoms with Gasteiger partial charge in [0.15, 0.2) is 0 Å². The lowest BCUT2D eigenvalue weighted by Crippen LogP contribution is -1.93. The first kappa shape index (κ1) is 8.96. The van der Waals surface area contributed by atoms with Gasteiger partial charge in [-0.05, 0) is 6.08 Å². The monoisotopic (exact) mass is 208 g/mol. The van der Waals surface area contributed by atoms with Crippen molar-refractivity contribution in [2.75, 3.05) is 7.11 Å². The Morgan fingerprint density at radius 1 is 1.71 bits per heavy atom. The van der Waals surface area contributed by atoms with Gasteiger partial charge in [0.2, 0.25) is 0 Å².